The number of carbonyl (C=O) groups is 2. The van der Waals surface area contributed by atoms with Crippen LogP contribution in [0.3, 0.4) is 0 Å². The Morgan fingerprint density at radius 2 is 2.05 bits per heavy atom. The fourth-order valence-corrected chi connectivity index (χ4v) is 2.13. The second kappa shape index (κ2) is 5.71. The Balaban J connectivity index is 2.02. The highest BCUT2D eigenvalue weighted by molar-refractivity contribution is 5.89. The molecule has 0 heterocycles. The van der Waals surface area contributed by atoms with Crippen LogP contribution < -0.4 is 10.1 Å². The van der Waals surface area contributed by atoms with E-state index < -0.39 is 29.3 Å². The average Bonchev–Trinajstić information content (AvgIpc) is 3.25. The van der Waals surface area contributed by atoms with Gasteiger partial charge in [-0.2, -0.15) is 0 Å². The highest BCUT2D eigenvalue weighted by atomic mass is 19.1. The van der Waals surface area contributed by atoms with Crippen molar-refractivity contribution in [3.8, 4) is 5.75 Å². The van der Waals surface area contributed by atoms with Gasteiger partial charge >= 0.3 is 5.97 Å². The highest BCUT2D eigenvalue weighted by Crippen LogP contribution is 2.39. The molecule has 2 unspecified atom stereocenters. The summed E-state index contributed by atoms with van der Waals surface area (Å²) >= 11 is 0. The fourth-order valence-electron chi connectivity index (χ4n) is 2.13. The zero-order valence-electron chi connectivity index (χ0n) is 11.9. The molecule has 2 rings (SSSR count). The van der Waals surface area contributed by atoms with E-state index in [4.69, 9.17) is 4.74 Å². The van der Waals surface area contributed by atoms with Gasteiger partial charge in [-0.15, -0.1) is 0 Å². The Labute approximate surface area is 122 Å². The standard InChI is InChI=1S/C15H18FNO4/c1-9(21-12-6-4-3-5-11(12)16)13(18)17-15(2,14(19)20)10-7-8-10/h3-6,9-10H,7-8H2,1-2H3,(H,17,18)(H,19,20). The summed E-state index contributed by atoms with van der Waals surface area (Å²) < 4.78 is 18.7. The molecule has 114 valence electrons. The molecule has 5 nitrogen and oxygen atoms in total. The predicted molar refractivity (Wildman–Crippen MR) is 73.4 cm³/mol. The second-order valence-electron chi connectivity index (χ2n) is 5.46. The molecule has 0 saturated heterocycles. The van der Waals surface area contributed by atoms with Crippen molar-refractivity contribution < 1.29 is 23.8 Å². The number of halogens is 1. The van der Waals surface area contributed by atoms with E-state index in [1.165, 1.54) is 32.0 Å². The molecular formula is C15H18FNO4. The fraction of sp³-hybridized carbons (Fsp3) is 0.467. The molecule has 1 saturated carbocycles. The molecule has 1 amide bonds. The zero-order valence-corrected chi connectivity index (χ0v) is 11.9. The summed E-state index contributed by atoms with van der Waals surface area (Å²) in [5, 5.41) is 11.8. The zero-order chi connectivity index (χ0) is 15.6. The first-order valence-electron chi connectivity index (χ1n) is 6.81. The Bertz CT molecular complexity index is 558. The summed E-state index contributed by atoms with van der Waals surface area (Å²) in [4.78, 5) is 23.4. The topological polar surface area (TPSA) is 75.6 Å². The number of hydrogen-bond acceptors (Lipinski definition) is 3. The second-order valence-corrected chi connectivity index (χ2v) is 5.46. The van der Waals surface area contributed by atoms with E-state index in [-0.39, 0.29) is 11.7 Å². The molecule has 1 aliphatic carbocycles. The molecule has 0 radical (unpaired) electrons. The maximum absolute atomic E-state index is 13.5. The molecule has 21 heavy (non-hydrogen) atoms. The molecule has 0 aliphatic heterocycles. The van der Waals surface area contributed by atoms with Gasteiger partial charge < -0.3 is 15.2 Å². The molecule has 2 atom stereocenters. The number of nitrogens with one attached hydrogen (secondary N) is 1. The first kappa shape index (κ1) is 15.3. The number of ether oxygens (including phenoxy) is 1. The van der Waals surface area contributed by atoms with E-state index in [2.05, 4.69) is 5.32 Å². The van der Waals surface area contributed by atoms with Crippen LogP contribution in [0.4, 0.5) is 4.39 Å². The third-order valence-electron chi connectivity index (χ3n) is 3.73. The highest BCUT2D eigenvalue weighted by Gasteiger charge is 2.49. The summed E-state index contributed by atoms with van der Waals surface area (Å²) in [7, 11) is 0. The van der Waals surface area contributed by atoms with Crippen molar-refractivity contribution in [2.45, 2.75) is 38.3 Å². The van der Waals surface area contributed by atoms with Crippen LogP contribution in [0.2, 0.25) is 0 Å². The van der Waals surface area contributed by atoms with Crippen LogP contribution in [0.5, 0.6) is 5.75 Å². The number of rotatable bonds is 6. The van der Waals surface area contributed by atoms with E-state index in [1.807, 2.05) is 0 Å². The van der Waals surface area contributed by atoms with E-state index in [0.717, 1.165) is 12.8 Å². The van der Waals surface area contributed by atoms with E-state index >= 15 is 0 Å². The number of amides is 1. The minimum Gasteiger partial charge on any atom is -0.480 e. The van der Waals surface area contributed by atoms with E-state index in [9.17, 15) is 19.1 Å². The molecule has 2 N–H and O–H groups in total. The molecule has 6 heteroatoms. The number of benzene rings is 1. The van der Waals surface area contributed by atoms with Crippen molar-refractivity contribution >= 4 is 11.9 Å². The van der Waals surface area contributed by atoms with Gasteiger partial charge in [-0.05, 0) is 44.7 Å². The Morgan fingerprint density at radius 1 is 1.43 bits per heavy atom. The summed E-state index contributed by atoms with van der Waals surface area (Å²) in [6.07, 6.45) is 0.552. The lowest BCUT2D eigenvalue weighted by atomic mass is 9.95. The van der Waals surface area contributed by atoms with Crippen molar-refractivity contribution in [1.82, 2.24) is 5.32 Å². The lowest BCUT2D eigenvalue weighted by molar-refractivity contribution is -0.149. The van der Waals surface area contributed by atoms with Gasteiger partial charge in [0.05, 0.1) is 0 Å². The maximum atomic E-state index is 13.5. The van der Waals surface area contributed by atoms with Crippen LogP contribution in [0.15, 0.2) is 24.3 Å². The molecular weight excluding hydrogens is 277 g/mol. The lowest BCUT2D eigenvalue weighted by Crippen LogP contribution is -2.56. The van der Waals surface area contributed by atoms with Crippen molar-refractivity contribution in [3.05, 3.63) is 30.1 Å². The smallest absolute Gasteiger partial charge is 0.329 e. The average molecular weight is 295 g/mol. The normalized spacial score (nSPS) is 18.4. The Hall–Kier alpha value is -2.11. The third kappa shape index (κ3) is 3.32. The van der Waals surface area contributed by atoms with Gasteiger partial charge in [0.25, 0.3) is 5.91 Å². The first-order chi connectivity index (χ1) is 9.84. The van der Waals surface area contributed by atoms with Gasteiger partial charge in [-0.3, -0.25) is 4.79 Å². The number of carboxylic acid groups (broad SMARTS) is 1. The van der Waals surface area contributed by atoms with Crippen molar-refractivity contribution in [1.29, 1.82) is 0 Å². The van der Waals surface area contributed by atoms with Crippen LogP contribution in [-0.4, -0.2) is 28.6 Å². The molecule has 1 aliphatic rings. The van der Waals surface area contributed by atoms with Gasteiger partial charge in [-0.1, -0.05) is 12.1 Å². The number of hydrogen-bond donors (Lipinski definition) is 2. The van der Waals surface area contributed by atoms with Crippen molar-refractivity contribution in [2.75, 3.05) is 0 Å². The summed E-state index contributed by atoms with van der Waals surface area (Å²) in [5.41, 5.74) is -1.30. The molecule has 0 spiro atoms. The van der Waals surface area contributed by atoms with Crippen LogP contribution in [0.1, 0.15) is 26.7 Å². The van der Waals surface area contributed by atoms with Gasteiger partial charge in [0.1, 0.15) is 5.54 Å². The SMILES string of the molecule is CC(Oc1ccccc1F)C(=O)NC(C)(C(=O)O)C1CC1. The Kier molecular flexibility index (Phi) is 4.16. The molecule has 1 fully saturated rings. The van der Waals surface area contributed by atoms with E-state index in [0.29, 0.717) is 0 Å². The molecule has 1 aromatic carbocycles. The summed E-state index contributed by atoms with van der Waals surface area (Å²) in [6.45, 7) is 2.94. The van der Waals surface area contributed by atoms with Crippen LogP contribution in [0.25, 0.3) is 0 Å². The van der Waals surface area contributed by atoms with Gasteiger partial charge in [0.15, 0.2) is 17.7 Å². The monoisotopic (exact) mass is 295 g/mol. The van der Waals surface area contributed by atoms with Gasteiger partial charge in [0.2, 0.25) is 0 Å². The van der Waals surface area contributed by atoms with Crippen LogP contribution >= 0.6 is 0 Å². The first-order valence-corrected chi connectivity index (χ1v) is 6.81. The Morgan fingerprint density at radius 3 is 2.57 bits per heavy atom. The molecule has 1 aromatic rings. The quantitative estimate of drug-likeness (QED) is 0.841. The minimum atomic E-state index is -1.30. The third-order valence-corrected chi connectivity index (χ3v) is 3.73. The predicted octanol–water partition coefficient (Wildman–Crippen LogP) is 1.96. The maximum Gasteiger partial charge on any atom is 0.329 e. The minimum absolute atomic E-state index is 0.0383. The van der Waals surface area contributed by atoms with Crippen molar-refractivity contribution in [3.63, 3.8) is 0 Å². The lowest BCUT2D eigenvalue weighted by Gasteiger charge is -2.27. The molecule has 0 aromatic heterocycles. The largest absolute Gasteiger partial charge is 0.480 e. The van der Waals surface area contributed by atoms with Crippen LogP contribution in [0, 0.1) is 11.7 Å². The number of para-hydroxylation sites is 1. The summed E-state index contributed by atoms with van der Waals surface area (Å²) in [6, 6.07) is 5.75. The molecule has 0 bridgehead atoms. The number of carboxylic acids is 1. The van der Waals surface area contributed by atoms with E-state index in [1.54, 1.807) is 6.07 Å². The summed E-state index contributed by atoms with van der Waals surface area (Å²) in [5.74, 6) is -2.32. The van der Waals surface area contributed by atoms with Crippen LogP contribution in [-0.2, 0) is 9.59 Å². The van der Waals surface area contributed by atoms with Crippen molar-refractivity contribution in [2.24, 2.45) is 5.92 Å². The number of carbonyl (C=O) groups excluding carboxylic acids is 1. The van der Waals surface area contributed by atoms with Gasteiger partial charge in [-0.25, -0.2) is 9.18 Å². The van der Waals surface area contributed by atoms with Gasteiger partial charge in [0, 0.05) is 0 Å². The number of aliphatic carboxylic acids is 1.